The number of benzene rings is 1. The largest absolute Gasteiger partial charge is 0.297 e. The molecule has 1 aromatic carbocycles. The van der Waals surface area contributed by atoms with Crippen LogP contribution in [0.1, 0.15) is 36.7 Å². The van der Waals surface area contributed by atoms with Crippen LogP contribution >= 0.6 is 12.6 Å². The number of nitrogens with zero attached hydrogens (tertiary/aromatic N) is 3. The third-order valence-corrected chi connectivity index (χ3v) is 5.66. The molecule has 2 atom stereocenters. The van der Waals surface area contributed by atoms with Crippen LogP contribution in [-0.2, 0) is 4.79 Å². The normalized spacial score (nSPS) is 23.9. The number of likely N-dealkylation sites (tertiary alicyclic amines) is 1. The highest BCUT2D eigenvalue weighted by molar-refractivity contribution is 7.81. The molecule has 2 heterocycles. The standard InChI is InChI=1S/C19H21FN4OS/c20-15-4-2-1-3-14(15)18(19(25)12-5-6-12)24-8-7-16(26)13(10-24)9-17-21-11-22-23-17/h1-4,9,11-12,16,18,26H,5-8,10H2,(H,21,22,23). The summed E-state index contributed by atoms with van der Waals surface area (Å²) in [6.07, 6.45) is 6.00. The van der Waals surface area contributed by atoms with Gasteiger partial charge in [-0.1, -0.05) is 18.2 Å². The third-order valence-electron chi connectivity index (χ3n) is 5.07. The third kappa shape index (κ3) is 3.59. The van der Waals surface area contributed by atoms with Crippen LogP contribution in [0, 0.1) is 11.7 Å². The summed E-state index contributed by atoms with van der Waals surface area (Å²) in [5.74, 6) is 0.541. The van der Waals surface area contributed by atoms with E-state index in [-0.39, 0.29) is 22.8 Å². The quantitative estimate of drug-likeness (QED) is 0.792. The first kappa shape index (κ1) is 17.4. The molecule has 0 radical (unpaired) electrons. The lowest BCUT2D eigenvalue weighted by Crippen LogP contribution is -2.42. The van der Waals surface area contributed by atoms with E-state index >= 15 is 0 Å². The lowest BCUT2D eigenvalue weighted by atomic mass is 9.93. The van der Waals surface area contributed by atoms with Crippen molar-refractivity contribution >= 4 is 24.5 Å². The summed E-state index contributed by atoms with van der Waals surface area (Å²) in [6, 6.07) is 6.07. The van der Waals surface area contributed by atoms with Crippen molar-refractivity contribution in [1.29, 1.82) is 0 Å². The molecule has 26 heavy (non-hydrogen) atoms. The molecule has 2 aromatic rings. The molecule has 0 bridgehead atoms. The fourth-order valence-electron chi connectivity index (χ4n) is 3.53. The molecule has 1 saturated heterocycles. The van der Waals surface area contributed by atoms with E-state index in [2.05, 4.69) is 32.7 Å². The number of rotatable bonds is 5. The number of thiol groups is 1. The zero-order valence-corrected chi connectivity index (χ0v) is 15.2. The Bertz CT molecular complexity index is 819. The first-order chi connectivity index (χ1) is 12.6. The summed E-state index contributed by atoms with van der Waals surface area (Å²) in [7, 11) is 0. The molecule has 7 heteroatoms. The van der Waals surface area contributed by atoms with Crippen LogP contribution in [0.5, 0.6) is 0 Å². The molecule has 1 aliphatic heterocycles. The Kier molecular flexibility index (Phi) is 4.91. The number of carbonyl (C=O) groups excluding carboxylic acids is 1. The molecular weight excluding hydrogens is 351 g/mol. The van der Waals surface area contributed by atoms with E-state index in [0.29, 0.717) is 24.5 Å². The molecule has 2 fully saturated rings. The predicted octanol–water partition coefficient (Wildman–Crippen LogP) is 3.05. The van der Waals surface area contributed by atoms with Gasteiger partial charge in [-0.05, 0) is 37.0 Å². The van der Waals surface area contributed by atoms with E-state index in [9.17, 15) is 9.18 Å². The van der Waals surface area contributed by atoms with Gasteiger partial charge in [-0.25, -0.2) is 9.37 Å². The van der Waals surface area contributed by atoms with Crippen LogP contribution in [0.4, 0.5) is 4.39 Å². The Morgan fingerprint density at radius 2 is 2.15 bits per heavy atom. The monoisotopic (exact) mass is 372 g/mol. The first-order valence-corrected chi connectivity index (χ1v) is 9.41. The van der Waals surface area contributed by atoms with Gasteiger partial charge in [0.15, 0.2) is 5.78 Å². The number of Topliss-reactive ketones (excluding diaryl/α,β-unsaturated/α-hetero) is 1. The second-order valence-corrected chi connectivity index (χ2v) is 7.59. The van der Waals surface area contributed by atoms with E-state index in [4.69, 9.17) is 0 Å². The molecule has 1 aromatic heterocycles. The summed E-state index contributed by atoms with van der Waals surface area (Å²) in [5.41, 5.74) is 1.53. The SMILES string of the molecule is O=C(C1CC1)C(c1ccccc1F)N1CCC(S)C(=Cc2ncn[nH]2)C1. The van der Waals surface area contributed by atoms with Gasteiger partial charge < -0.3 is 0 Å². The average molecular weight is 372 g/mol. The van der Waals surface area contributed by atoms with Gasteiger partial charge in [0.25, 0.3) is 0 Å². The molecule has 5 nitrogen and oxygen atoms in total. The van der Waals surface area contributed by atoms with E-state index in [1.54, 1.807) is 18.2 Å². The van der Waals surface area contributed by atoms with Gasteiger partial charge in [0.05, 0.1) is 6.04 Å². The van der Waals surface area contributed by atoms with Crippen LogP contribution in [0.3, 0.4) is 0 Å². The van der Waals surface area contributed by atoms with Crippen molar-refractivity contribution in [2.75, 3.05) is 13.1 Å². The summed E-state index contributed by atoms with van der Waals surface area (Å²) < 4.78 is 14.5. The summed E-state index contributed by atoms with van der Waals surface area (Å²) >= 11 is 4.67. The summed E-state index contributed by atoms with van der Waals surface area (Å²) in [5, 5.41) is 6.78. The van der Waals surface area contributed by atoms with Crippen LogP contribution < -0.4 is 0 Å². The Labute approximate surface area is 157 Å². The number of halogens is 1. The number of aromatic amines is 1. The summed E-state index contributed by atoms with van der Waals surface area (Å²) in [4.78, 5) is 19.2. The molecule has 0 amide bonds. The first-order valence-electron chi connectivity index (χ1n) is 8.89. The highest BCUT2D eigenvalue weighted by atomic mass is 32.1. The van der Waals surface area contributed by atoms with Gasteiger partial charge >= 0.3 is 0 Å². The fourth-order valence-corrected chi connectivity index (χ4v) is 3.80. The Morgan fingerprint density at radius 3 is 2.85 bits per heavy atom. The van der Waals surface area contributed by atoms with E-state index < -0.39 is 6.04 Å². The van der Waals surface area contributed by atoms with Crippen molar-refractivity contribution in [3.63, 3.8) is 0 Å². The van der Waals surface area contributed by atoms with Crippen molar-refractivity contribution in [3.05, 3.63) is 53.4 Å². The van der Waals surface area contributed by atoms with E-state index in [1.807, 2.05) is 6.08 Å². The number of hydrogen-bond acceptors (Lipinski definition) is 5. The van der Waals surface area contributed by atoms with Crippen molar-refractivity contribution in [2.24, 2.45) is 5.92 Å². The minimum absolute atomic E-state index is 0.0648. The topological polar surface area (TPSA) is 61.9 Å². The number of nitrogens with one attached hydrogen (secondary N) is 1. The number of carbonyl (C=O) groups is 1. The van der Waals surface area contributed by atoms with Gasteiger partial charge in [0, 0.05) is 29.8 Å². The molecule has 2 aliphatic rings. The Morgan fingerprint density at radius 1 is 1.35 bits per heavy atom. The zero-order valence-electron chi connectivity index (χ0n) is 14.3. The Hall–Kier alpha value is -1.99. The second kappa shape index (κ2) is 7.32. The number of aromatic nitrogens is 3. The minimum Gasteiger partial charge on any atom is -0.297 e. The molecule has 4 rings (SSSR count). The number of H-pyrrole nitrogens is 1. The molecule has 2 unspecified atom stereocenters. The number of piperidine rings is 1. The van der Waals surface area contributed by atoms with Gasteiger partial charge in [0.1, 0.15) is 18.0 Å². The molecule has 1 saturated carbocycles. The fraction of sp³-hybridized carbons (Fsp3) is 0.421. The number of ketones is 1. The highest BCUT2D eigenvalue weighted by Gasteiger charge is 2.40. The van der Waals surface area contributed by atoms with Crippen LogP contribution in [0.15, 0.2) is 36.2 Å². The Balaban J connectivity index is 1.65. The van der Waals surface area contributed by atoms with E-state index in [1.165, 1.54) is 12.4 Å². The van der Waals surface area contributed by atoms with Gasteiger partial charge in [-0.2, -0.15) is 17.7 Å². The summed E-state index contributed by atoms with van der Waals surface area (Å²) in [6.45, 7) is 1.27. The number of hydrogen-bond donors (Lipinski definition) is 2. The van der Waals surface area contributed by atoms with Crippen molar-refractivity contribution in [1.82, 2.24) is 20.1 Å². The molecule has 1 aliphatic carbocycles. The second-order valence-electron chi connectivity index (χ2n) is 6.97. The maximum Gasteiger partial charge on any atom is 0.157 e. The van der Waals surface area contributed by atoms with Crippen LogP contribution in [0.2, 0.25) is 0 Å². The van der Waals surface area contributed by atoms with E-state index in [0.717, 1.165) is 24.8 Å². The molecule has 0 spiro atoms. The molecule has 1 N–H and O–H groups in total. The van der Waals surface area contributed by atoms with Gasteiger partial charge in [-0.3, -0.25) is 14.8 Å². The minimum atomic E-state index is -0.539. The van der Waals surface area contributed by atoms with Gasteiger partial charge in [0.2, 0.25) is 0 Å². The highest BCUT2D eigenvalue weighted by Crippen LogP contribution is 2.39. The lowest BCUT2D eigenvalue weighted by molar-refractivity contribution is -0.126. The molecular formula is C19H21FN4OS. The molecule has 136 valence electrons. The van der Waals surface area contributed by atoms with Crippen molar-refractivity contribution < 1.29 is 9.18 Å². The zero-order chi connectivity index (χ0) is 18.1. The maximum atomic E-state index is 14.5. The van der Waals surface area contributed by atoms with Crippen LogP contribution in [0.25, 0.3) is 6.08 Å². The lowest BCUT2D eigenvalue weighted by Gasteiger charge is -2.37. The van der Waals surface area contributed by atoms with Crippen molar-refractivity contribution in [2.45, 2.75) is 30.6 Å². The smallest absolute Gasteiger partial charge is 0.157 e. The van der Waals surface area contributed by atoms with Crippen LogP contribution in [-0.4, -0.2) is 44.2 Å². The predicted molar refractivity (Wildman–Crippen MR) is 100 cm³/mol. The maximum absolute atomic E-state index is 14.5. The average Bonchev–Trinajstić information content (AvgIpc) is 3.37. The van der Waals surface area contributed by atoms with Crippen molar-refractivity contribution in [3.8, 4) is 0 Å². The van der Waals surface area contributed by atoms with Gasteiger partial charge in [-0.15, -0.1) is 0 Å².